The fourth-order valence-electron chi connectivity index (χ4n) is 2.99. The number of nitrogens with zero attached hydrogens (tertiary/aromatic N) is 1. The third-order valence-electron chi connectivity index (χ3n) is 4.09. The summed E-state index contributed by atoms with van der Waals surface area (Å²) in [5.74, 6) is 0.735. The van der Waals surface area contributed by atoms with Gasteiger partial charge in [-0.2, -0.15) is 0 Å². The maximum Gasteiger partial charge on any atom is 0.410 e. The van der Waals surface area contributed by atoms with E-state index in [2.05, 4.69) is 26.1 Å². The van der Waals surface area contributed by atoms with Gasteiger partial charge in [0.15, 0.2) is 0 Å². The Kier molecular flexibility index (Phi) is 9.06. The van der Waals surface area contributed by atoms with Crippen LogP contribution in [0.4, 0.5) is 4.79 Å². The molecule has 1 unspecified atom stereocenters. The number of amides is 1. The Morgan fingerprint density at radius 3 is 2.38 bits per heavy atom. The number of likely N-dealkylation sites (tertiary alicyclic amines) is 1. The molecule has 1 aliphatic rings. The number of hydrogen-bond acceptors (Lipinski definition) is 4. The molecular formula is C19H38N2O3. The second-order valence-electron chi connectivity index (χ2n) is 8.38. The molecular weight excluding hydrogens is 304 g/mol. The molecule has 0 aromatic carbocycles. The highest BCUT2D eigenvalue weighted by Gasteiger charge is 2.26. The molecule has 0 spiro atoms. The van der Waals surface area contributed by atoms with Crippen molar-refractivity contribution in [2.75, 3.05) is 26.2 Å². The second kappa shape index (κ2) is 10.2. The van der Waals surface area contributed by atoms with E-state index in [1.54, 1.807) is 4.90 Å². The first-order valence-electron chi connectivity index (χ1n) is 9.50. The SMILES string of the molecule is CC(C)CC(C)NCCCOC1CCN(C(=O)OC(C)(C)C)CC1. The Balaban J connectivity index is 2.09. The van der Waals surface area contributed by atoms with E-state index in [-0.39, 0.29) is 12.2 Å². The summed E-state index contributed by atoms with van der Waals surface area (Å²) in [6.07, 6.45) is 4.12. The van der Waals surface area contributed by atoms with Gasteiger partial charge >= 0.3 is 6.09 Å². The molecule has 5 heteroatoms. The van der Waals surface area contributed by atoms with Crippen molar-refractivity contribution >= 4 is 6.09 Å². The molecule has 1 saturated heterocycles. The molecule has 1 atom stereocenters. The summed E-state index contributed by atoms with van der Waals surface area (Å²) in [4.78, 5) is 13.8. The lowest BCUT2D eigenvalue weighted by Gasteiger charge is -2.33. The summed E-state index contributed by atoms with van der Waals surface area (Å²) in [5.41, 5.74) is -0.426. The number of hydrogen-bond donors (Lipinski definition) is 1. The minimum atomic E-state index is -0.426. The lowest BCUT2D eigenvalue weighted by Crippen LogP contribution is -2.43. The van der Waals surface area contributed by atoms with Gasteiger partial charge in [0.25, 0.3) is 0 Å². The highest BCUT2D eigenvalue weighted by atomic mass is 16.6. The molecule has 0 aromatic heterocycles. The molecule has 0 radical (unpaired) electrons. The van der Waals surface area contributed by atoms with Crippen LogP contribution in [0.3, 0.4) is 0 Å². The van der Waals surface area contributed by atoms with E-state index >= 15 is 0 Å². The lowest BCUT2D eigenvalue weighted by atomic mass is 10.1. The average molecular weight is 343 g/mol. The van der Waals surface area contributed by atoms with Gasteiger partial charge in [-0.05, 0) is 65.8 Å². The van der Waals surface area contributed by atoms with Crippen molar-refractivity contribution < 1.29 is 14.3 Å². The Labute approximate surface area is 148 Å². The van der Waals surface area contributed by atoms with Crippen LogP contribution >= 0.6 is 0 Å². The van der Waals surface area contributed by atoms with E-state index in [1.807, 2.05) is 20.8 Å². The molecule has 0 aromatic rings. The van der Waals surface area contributed by atoms with Gasteiger partial charge in [0, 0.05) is 25.7 Å². The zero-order valence-electron chi connectivity index (χ0n) is 16.6. The van der Waals surface area contributed by atoms with Crippen LogP contribution in [-0.4, -0.2) is 55.0 Å². The fraction of sp³-hybridized carbons (Fsp3) is 0.947. The number of carbonyl (C=O) groups excluding carboxylic acids is 1. The van der Waals surface area contributed by atoms with Gasteiger partial charge in [-0.1, -0.05) is 13.8 Å². The van der Waals surface area contributed by atoms with E-state index in [0.29, 0.717) is 6.04 Å². The van der Waals surface area contributed by atoms with E-state index in [1.165, 1.54) is 6.42 Å². The third kappa shape index (κ3) is 9.48. The molecule has 0 aliphatic carbocycles. The molecule has 1 fully saturated rings. The van der Waals surface area contributed by atoms with Crippen molar-refractivity contribution in [1.29, 1.82) is 0 Å². The minimum absolute atomic E-state index is 0.204. The Morgan fingerprint density at radius 1 is 1.21 bits per heavy atom. The average Bonchev–Trinajstić information content (AvgIpc) is 2.45. The van der Waals surface area contributed by atoms with Crippen LogP contribution in [0, 0.1) is 5.92 Å². The first-order valence-corrected chi connectivity index (χ1v) is 9.50. The van der Waals surface area contributed by atoms with Gasteiger partial charge in [-0.3, -0.25) is 0 Å². The summed E-state index contributed by atoms with van der Waals surface area (Å²) in [6.45, 7) is 15.7. The molecule has 1 rings (SSSR count). The summed E-state index contributed by atoms with van der Waals surface area (Å²) in [5, 5.41) is 3.55. The summed E-state index contributed by atoms with van der Waals surface area (Å²) < 4.78 is 11.4. The van der Waals surface area contributed by atoms with Crippen LogP contribution in [0.2, 0.25) is 0 Å². The van der Waals surface area contributed by atoms with Crippen molar-refractivity contribution in [2.45, 2.75) is 85.0 Å². The second-order valence-corrected chi connectivity index (χ2v) is 8.38. The molecule has 1 N–H and O–H groups in total. The van der Waals surface area contributed by atoms with Crippen LogP contribution in [-0.2, 0) is 9.47 Å². The molecule has 1 aliphatic heterocycles. The van der Waals surface area contributed by atoms with Crippen molar-refractivity contribution in [3.8, 4) is 0 Å². The van der Waals surface area contributed by atoms with Crippen molar-refractivity contribution in [3.63, 3.8) is 0 Å². The van der Waals surface area contributed by atoms with Crippen molar-refractivity contribution in [3.05, 3.63) is 0 Å². The fourth-order valence-corrected chi connectivity index (χ4v) is 2.99. The van der Waals surface area contributed by atoms with Gasteiger partial charge in [0.2, 0.25) is 0 Å². The number of rotatable bonds is 8. The van der Waals surface area contributed by atoms with E-state index in [9.17, 15) is 4.79 Å². The van der Waals surface area contributed by atoms with Gasteiger partial charge in [-0.25, -0.2) is 4.79 Å². The summed E-state index contributed by atoms with van der Waals surface area (Å²) in [7, 11) is 0. The quantitative estimate of drug-likeness (QED) is 0.681. The zero-order chi connectivity index (χ0) is 18.2. The molecule has 5 nitrogen and oxygen atoms in total. The largest absolute Gasteiger partial charge is 0.444 e. The third-order valence-corrected chi connectivity index (χ3v) is 4.09. The normalized spacial score (nSPS) is 18.0. The van der Waals surface area contributed by atoms with E-state index < -0.39 is 5.60 Å². The Morgan fingerprint density at radius 2 is 1.83 bits per heavy atom. The van der Waals surface area contributed by atoms with Gasteiger partial charge in [-0.15, -0.1) is 0 Å². The number of carbonyl (C=O) groups is 1. The van der Waals surface area contributed by atoms with Crippen molar-refractivity contribution in [2.24, 2.45) is 5.92 Å². The maximum absolute atomic E-state index is 12.0. The first kappa shape index (κ1) is 21.2. The molecule has 1 amide bonds. The minimum Gasteiger partial charge on any atom is -0.444 e. The van der Waals surface area contributed by atoms with Gasteiger partial charge in [0.1, 0.15) is 5.60 Å². The Bertz CT molecular complexity index is 358. The van der Waals surface area contributed by atoms with Crippen LogP contribution in [0.15, 0.2) is 0 Å². The smallest absolute Gasteiger partial charge is 0.410 e. The zero-order valence-corrected chi connectivity index (χ0v) is 16.6. The standard InChI is InChI=1S/C19H38N2O3/c1-15(2)14-16(3)20-10-7-13-23-17-8-11-21(12-9-17)18(22)24-19(4,5)6/h15-17,20H,7-14H2,1-6H3. The predicted molar refractivity (Wildman–Crippen MR) is 98.3 cm³/mol. The summed E-state index contributed by atoms with van der Waals surface area (Å²) in [6, 6.07) is 0.571. The number of nitrogens with one attached hydrogen (secondary N) is 1. The molecule has 0 bridgehead atoms. The van der Waals surface area contributed by atoms with Crippen LogP contribution < -0.4 is 5.32 Å². The van der Waals surface area contributed by atoms with Gasteiger partial charge < -0.3 is 19.7 Å². The monoisotopic (exact) mass is 342 g/mol. The first-order chi connectivity index (χ1) is 11.2. The molecule has 1 heterocycles. The Hall–Kier alpha value is -0.810. The predicted octanol–water partition coefficient (Wildman–Crippen LogP) is 3.82. The number of piperidine rings is 1. The maximum atomic E-state index is 12.0. The van der Waals surface area contributed by atoms with E-state index in [4.69, 9.17) is 9.47 Å². The topological polar surface area (TPSA) is 50.8 Å². The molecule has 142 valence electrons. The summed E-state index contributed by atoms with van der Waals surface area (Å²) >= 11 is 0. The highest BCUT2D eigenvalue weighted by molar-refractivity contribution is 5.68. The molecule has 24 heavy (non-hydrogen) atoms. The molecule has 0 saturated carbocycles. The van der Waals surface area contributed by atoms with E-state index in [0.717, 1.165) is 51.4 Å². The highest BCUT2D eigenvalue weighted by Crippen LogP contribution is 2.17. The van der Waals surface area contributed by atoms with Crippen LogP contribution in [0.5, 0.6) is 0 Å². The van der Waals surface area contributed by atoms with Crippen LogP contribution in [0.25, 0.3) is 0 Å². The lowest BCUT2D eigenvalue weighted by molar-refractivity contribution is -0.0117. The van der Waals surface area contributed by atoms with Gasteiger partial charge in [0.05, 0.1) is 6.10 Å². The number of ether oxygens (including phenoxy) is 2. The van der Waals surface area contributed by atoms with Crippen molar-refractivity contribution in [1.82, 2.24) is 10.2 Å². The van der Waals surface area contributed by atoms with Crippen LogP contribution in [0.1, 0.15) is 67.2 Å².